The molecule has 1 aromatic rings. The summed E-state index contributed by atoms with van der Waals surface area (Å²) in [4.78, 5) is 21.1. The Morgan fingerprint density at radius 1 is 1.47 bits per heavy atom. The quantitative estimate of drug-likeness (QED) is 0.668. The highest BCUT2D eigenvalue weighted by molar-refractivity contribution is 7.53. The Kier molecular flexibility index (Phi) is 5.17. The van der Waals surface area contributed by atoms with E-state index in [2.05, 4.69) is 4.52 Å². The zero-order valence-corrected chi connectivity index (χ0v) is 11.4. The lowest BCUT2D eigenvalue weighted by Crippen LogP contribution is -2.08. The predicted octanol–water partition coefficient (Wildman–Crippen LogP) is 3.40. The molecule has 17 heavy (non-hydrogen) atoms. The van der Waals surface area contributed by atoms with E-state index in [1.165, 1.54) is 12.1 Å². The Morgan fingerprint density at radius 3 is 2.71 bits per heavy atom. The molecule has 1 rings (SSSR count). The first kappa shape index (κ1) is 14.7. The van der Waals surface area contributed by atoms with E-state index in [-0.39, 0.29) is 22.2 Å². The van der Waals surface area contributed by atoms with Crippen LogP contribution in [0.3, 0.4) is 0 Å². The molecule has 94 valence electrons. The molecular weight excluding hydrogens is 286 g/mol. The van der Waals surface area contributed by atoms with Gasteiger partial charge in [0.25, 0.3) is 0 Å². The monoisotopic (exact) mass is 296 g/mol. The molecule has 4 nitrogen and oxygen atoms in total. The molecule has 0 heterocycles. The average molecular weight is 297 g/mol. The van der Waals surface area contributed by atoms with Crippen molar-refractivity contribution in [3.63, 3.8) is 0 Å². The van der Waals surface area contributed by atoms with Gasteiger partial charge in [0.1, 0.15) is 6.16 Å². The number of benzene rings is 1. The minimum atomic E-state index is -3.90. The number of rotatable bonds is 5. The topological polar surface area (TPSA) is 63.6 Å². The summed E-state index contributed by atoms with van der Waals surface area (Å²) in [5.74, 6) is -0.572. The van der Waals surface area contributed by atoms with Gasteiger partial charge in [-0.25, -0.2) is 0 Å². The van der Waals surface area contributed by atoms with Crippen LogP contribution >= 0.6 is 30.8 Å². The largest absolute Gasteiger partial charge is 0.335 e. The molecule has 0 bridgehead atoms. The Balaban J connectivity index is 2.91. The van der Waals surface area contributed by atoms with E-state index in [0.29, 0.717) is 0 Å². The summed E-state index contributed by atoms with van der Waals surface area (Å²) >= 11 is 11.6. The first-order valence-corrected chi connectivity index (χ1v) is 7.33. The highest BCUT2D eigenvalue weighted by Crippen LogP contribution is 2.42. The van der Waals surface area contributed by atoms with Crippen molar-refractivity contribution >= 4 is 36.6 Å². The average Bonchev–Trinajstić information content (AvgIpc) is 2.21. The van der Waals surface area contributed by atoms with Crippen LogP contribution in [0.15, 0.2) is 18.2 Å². The van der Waals surface area contributed by atoms with Crippen molar-refractivity contribution in [3.05, 3.63) is 33.8 Å². The third-order valence-corrected chi connectivity index (χ3v) is 4.09. The third kappa shape index (κ3) is 4.09. The van der Waals surface area contributed by atoms with E-state index in [4.69, 9.17) is 23.2 Å². The molecule has 1 unspecified atom stereocenters. The van der Waals surface area contributed by atoms with Crippen molar-refractivity contribution in [1.82, 2.24) is 0 Å². The fourth-order valence-electron chi connectivity index (χ4n) is 1.23. The molecule has 0 aliphatic heterocycles. The van der Waals surface area contributed by atoms with E-state index in [9.17, 15) is 14.3 Å². The van der Waals surface area contributed by atoms with Crippen molar-refractivity contribution in [3.8, 4) is 0 Å². The lowest BCUT2D eigenvalue weighted by molar-refractivity contribution is 0.101. The van der Waals surface area contributed by atoms with E-state index in [1.54, 1.807) is 13.0 Å². The second-order valence-electron chi connectivity index (χ2n) is 3.24. The van der Waals surface area contributed by atoms with E-state index < -0.39 is 19.5 Å². The Morgan fingerprint density at radius 2 is 2.12 bits per heavy atom. The molecule has 1 N–H and O–H groups in total. The summed E-state index contributed by atoms with van der Waals surface area (Å²) in [6, 6.07) is 4.52. The van der Waals surface area contributed by atoms with Gasteiger partial charge in [-0.2, -0.15) is 0 Å². The number of halogens is 2. The van der Waals surface area contributed by atoms with Gasteiger partial charge in [0.05, 0.1) is 16.7 Å². The van der Waals surface area contributed by atoms with Crippen LogP contribution in [0.2, 0.25) is 10.0 Å². The summed E-state index contributed by atoms with van der Waals surface area (Å²) < 4.78 is 16.0. The number of carbonyl (C=O) groups is 1. The van der Waals surface area contributed by atoms with Crippen molar-refractivity contribution in [2.24, 2.45) is 0 Å². The van der Waals surface area contributed by atoms with Crippen LogP contribution in [-0.2, 0) is 9.09 Å². The van der Waals surface area contributed by atoms with Crippen molar-refractivity contribution in [2.45, 2.75) is 6.92 Å². The van der Waals surface area contributed by atoms with Gasteiger partial charge in [0, 0.05) is 5.56 Å². The molecule has 0 aromatic heterocycles. The van der Waals surface area contributed by atoms with Gasteiger partial charge < -0.3 is 9.42 Å². The number of hydrogen-bond donors (Lipinski definition) is 1. The first-order valence-electron chi connectivity index (χ1n) is 4.81. The van der Waals surface area contributed by atoms with E-state index in [0.717, 1.165) is 0 Å². The molecule has 0 fully saturated rings. The maximum absolute atomic E-state index is 11.8. The zero-order valence-electron chi connectivity index (χ0n) is 9.02. The highest BCUT2D eigenvalue weighted by atomic mass is 35.5. The molecule has 0 aliphatic rings. The number of carbonyl (C=O) groups excluding carboxylic acids is 1. The maximum atomic E-state index is 11.8. The van der Waals surface area contributed by atoms with Crippen molar-refractivity contribution in [2.75, 3.05) is 12.8 Å². The number of hydrogen-bond acceptors (Lipinski definition) is 3. The fourth-order valence-corrected chi connectivity index (χ4v) is 2.67. The van der Waals surface area contributed by atoms with Crippen molar-refractivity contribution in [1.29, 1.82) is 0 Å². The normalized spacial score (nSPS) is 14.4. The maximum Gasteiger partial charge on any atom is 0.335 e. The van der Waals surface area contributed by atoms with Gasteiger partial charge >= 0.3 is 7.60 Å². The first-order chi connectivity index (χ1) is 7.87. The summed E-state index contributed by atoms with van der Waals surface area (Å²) in [7, 11) is -3.90. The van der Waals surface area contributed by atoms with Gasteiger partial charge in [-0.1, -0.05) is 29.3 Å². The number of Topliss-reactive ketones (excluding diaryl/α,β-unsaturated/α-hetero) is 1. The lowest BCUT2D eigenvalue weighted by atomic mass is 10.1. The highest BCUT2D eigenvalue weighted by Gasteiger charge is 2.25. The van der Waals surface area contributed by atoms with Crippen LogP contribution in [0.4, 0.5) is 0 Å². The van der Waals surface area contributed by atoms with E-state index >= 15 is 0 Å². The molecule has 1 aromatic carbocycles. The summed E-state index contributed by atoms with van der Waals surface area (Å²) in [6.45, 7) is 1.63. The van der Waals surface area contributed by atoms with Crippen LogP contribution in [0.1, 0.15) is 17.3 Å². The summed E-state index contributed by atoms with van der Waals surface area (Å²) in [6.07, 6.45) is -0.610. The minimum absolute atomic E-state index is 0.0599. The standard InChI is InChI=1S/C10H11Cl2O4P/c1-2-16-17(14,15)6-9(13)7-4-3-5-8(11)10(7)12/h3-5H,2,6H2,1H3,(H,14,15). The number of ketones is 1. The van der Waals surface area contributed by atoms with Crippen molar-refractivity contribution < 1.29 is 18.8 Å². The smallest absolute Gasteiger partial charge is 0.324 e. The third-order valence-electron chi connectivity index (χ3n) is 1.93. The Bertz CT molecular complexity index is 475. The SMILES string of the molecule is CCOP(=O)(O)CC(=O)c1cccc(Cl)c1Cl. The molecule has 0 amide bonds. The van der Waals surface area contributed by atoms with Gasteiger partial charge in [-0.15, -0.1) is 0 Å². The Labute approximate surface area is 109 Å². The molecular formula is C10H11Cl2O4P. The van der Waals surface area contributed by atoms with Crippen LogP contribution in [-0.4, -0.2) is 23.4 Å². The molecule has 0 spiro atoms. The van der Waals surface area contributed by atoms with Crippen LogP contribution in [0, 0.1) is 0 Å². The van der Waals surface area contributed by atoms with Gasteiger partial charge in [-0.3, -0.25) is 9.36 Å². The van der Waals surface area contributed by atoms with Gasteiger partial charge in [0.2, 0.25) is 0 Å². The van der Waals surface area contributed by atoms with Crippen LogP contribution in [0.25, 0.3) is 0 Å². The second-order valence-corrected chi connectivity index (χ2v) is 5.87. The molecule has 0 radical (unpaired) electrons. The molecule has 1 atom stereocenters. The zero-order chi connectivity index (χ0) is 13.1. The van der Waals surface area contributed by atoms with Gasteiger partial charge in [0.15, 0.2) is 5.78 Å². The fraction of sp³-hybridized carbons (Fsp3) is 0.300. The second kappa shape index (κ2) is 5.98. The van der Waals surface area contributed by atoms with Crippen LogP contribution < -0.4 is 0 Å². The van der Waals surface area contributed by atoms with E-state index in [1.807, 2.05) is 0 Å². The molecule has 0 aliphatic carbocycles. The lowest BCUT2D eigenvalue weighted by Gasteiger charge is -2.10. The molecule has 0 saturated heterocycles. The Hall–Kier alpha value is -0.380. The predicted molar refractivity (Wildman–Crippen MR) is 67.1 cm³/mol. The summed E-state index contributed by atoms with van der Waals surface area (Å²) in [5, 5.41) is 0.303. The van der Waals surface area contributed by atoms with Crippen LogP contribution in [0.5, 0.6) is 0 Å². The summed E-state index contributed by atoms with van der Waals surface area (Å²) in [5.41, 5.74) is 0.119. The molecule has 7 heteroatoms. The van der Waals surface area contributed by atoms with Gasteiger partial charge in [-0.05, 0) is 19.1 Å². The molecule has 0 saturated carbocycles. The minimum Gasteiger partial charge on any atom is -0.324 e.